The lowest BCUT2D eigenvalue weighted by atomic mass is 10.1. The summed E-state index contributed by atoms with van der Waals surface area (Å²) in [7, 11) is 0. The highest BCUT2D eigenvalue weighted by molar-refractivity contribution is 5.77. The predicted molar refractivity (Wildman–Crippen MR) is 114 cm³/mol. The van der Waals surface area contributed by atoms with Gasteiger partial charge >= 0.3 is 0 Å². The van der Waals surface area contributed by atoms with Crippen molar-refractivity contribution in [2.75, 3.05) is 6.54 Å². The van der Waals surface area contributed by atoms with Crippen LogP contribution in [-0.2, 0) is 24.2 Å². The Labute approximate surface area is 185 Å². The van der Waals surface area contributed by atoms with Crippen molar-refractivity contribution < 1.29 is 13.7 Å². The average molecular weight is 439 g/mol. The average Bonchev–Trinajstić information content (AvgIpc) is 3.51. The summed E-state index contributed by atoms with van der Waals surface area (Å²) in [4.78, 5) is 19.3. The summed E-state index contributed by atoms with van der Waals surface area (Å²) < 4.78 is 21.4. The van der Waals surface area contributed by atoms with E-state index in [0.29, 0.717) is 29.3 Å². The van der Waals surface area contributed by atoms with Gasteiger partial charge in [-0.15, -0.1) is 10.2 Å². The van der Waals surface area contributed by atoms with Crippen LogP contribution in [0.25, 0.3) is 11.4 Å². The lowest BCUT2D eigenvalue weighted by molar-refractivity contribution is -0.132. The van der Waals surface area contributed by atoms with Crippen molar-refractivity contribution in [1.29, 1.82) is 0 Å². The number of halogens is 1. The Morgan fingerprint density at radius 3 is 2.97 bits per heavy atom. The Morgan fingerprint density at radius 1 is 1.19 bits per heavy atom. The van der Waals surface area contributed by atoms with Crippen LogP contribution in [0.5, 0.6) is 0 Å². The molecule has 168 valence electrons. The number of carbonyl (C=O) groups excluding carboxylic acids is 1. The molecule has 0 saturated carbocycles. The molecule has 2 aromatic heterocycles. The van der Waals surface area contributed by atoms with Crippen LogP contribution in [0, 0.1) is 12.7 Å². The number of hydrogen-bond acceptors (Lipinski definition) is 6. The fourth-order valence-electron chi connectivity index (χ4n) is 4.65. The standard InChI is InChI=1S/C23H27FN6O2/c1-15-8-9-16(14-17(15)24)22-25-20(32-28-22)10-11-21(31)29-13-5-6-18(29)23-27-26-19-7-3-2-4-12-30(19)23/h8-9,14,18H,2-7,10-13H2,1H3. The molecule has 0 N–H and O–H groups in total. The highest BCUT2D eigenvalue weighted by Crippen LogP contribution is 2.33. The number of likely N-dealkylation sites (tertiary alicyclic amines) is 1. The summed E-state index contributed by atoms with van der Waals surface area (Å²) in [5, 5.41) is 12.8. The van der Waals surface area contributed by atoms with Gasteiger partial charge in [0.25, 0.3) is 0 Å². The van der Waals surface area contributed by atoms with Crippen molar-refractivity contribution in [3.8, 4) is 11.4 Å². The molecule has 9 heteroatoms. The first-order chi connectivity index (χ1) is 15.6. The highest BCUT2D eigenvalue weighted by atomic mass is 19.1. The van der Waals surface area contributed by atoms with Crippen molar-refractivity contribution in [2.24, 2.45) is 0 Å². The van der Waals surface area contributed by atoms with E-state index in [4.69, 9.17) is 4.52 Å². The van der Waals surface area contributed by atoms with Gasteiger partial charge in [0, 0.05) is 37.9 Å². The van der Waals surface area contributed by atoms with Crippen molar-refractivity contribution in [3.63, 3.8) is 0 Å². The van der Waals surface area contributed by atoms with Crippen LogP contribution in [0.15, 0.2) is 22.7 Å². The maximum atomic E-state index is 13.8. The minimum absolute atomic E-state index is 0.0179. The first-order valence-corrected chi connectivity index (χ1v) is 11.4. The Morgan fingerprint density at radius 2 is 2.09 bits per heavy atom. The molecule has 0 spiro atoms. The number of hydrogen-bond donors (Lipinski definition) is 0. The molecule has 0 radical (unpaired) electrons. The monoisotopic (exact) mass is 438 g/mol. The van der Waals surface area contributed by atoms with Crippen LogP contribution >= 0.6 is 0 Å². The normalized spacial score (nSPS) is 18.6. The maximum absolute atomic E-state index is 13.8. The van der Waals surface area contributed by atoms with Gasteiger partial charge in [-0.3, -0.25) is 4.79 Å². The van der Waals surface area contributed by atoms with Crippen molar-refractivity contribution in [3.05, 3.63) is 47.1 Å². The quantitative estimate of drug-likeness (QED) is 0.602. The number of fused-ring (bicyclic) bond motifs is 1. The van der Waals surface area contributed by atoms with E-state index in [2.05, 4.69) is 24.9 Å². The molecule has 1 fully saturated rings. The summed E-state index contributed by atoms with van der Waals surface area (Å²) in [6.45, 7) is 3.36. The zero-order chi connectivity index (χ0) is 22.1. The first kappa shape index (κ1) is 20.8. The highest BCUT2D eigenvalue weighted by Gasteiger charge is 2.34. The van der Waals surface area contributed by atoms with E-state index in [1.807, 2.05) is 4.90 Å². The minimum Gasteiger partial charge on any atom is -0.339 e. The molecule has 1 unspecified atom stereocenters. The lowest BCUT2D eigenvalue weighted by Crippen LogP contribution is -2.32. The third kappa shape index (κ3) is 4.03. The molecule has 0 aliphatic carbocycles. The summed E-state index contributed by atoms with van der Waals surface area (Å²) in [5.74, 6) is 2.42. The van der Waals surface area contributed by atoms with E-state index in [-0.39, 0.29) is 24.2 Å². The summed E-state index contributed by atoms with van der Waals surface area (Å²) in [5.41, 5.74) is 1.12. The second-order valence-corrected chi connectivity index (χ2v) is 8.66. The van der Waals surface area contributed by atoms with E-state index in [1.54, 1.807) is 19.1 Å². The molecular weight excluding hydrogens is 411 g/mol. The van der Waals surface area contributed by atoms with E-state index in [9.17, 15) is 9.18 Å². The third-order valence-electron chi connectivity index (χ3n) is 6.46. The smallest absolute Gasteiger partial charge is 0.227 e. The third-order valence-corrected chi connectivity index (χ3v) is 6.46. The molecule has 3 aromatic rings. The number of aromatic nitrogens is 5. The molecule has 0 bridgehead atoms. The van der Waals surface area contributed by atoms with Crippen LogP contribution in [0.2, 0.25) is 0 Å². The van der Waals surface area contributed by atoms with E-state index in [0.717, 1.165) is 56.8 Å². The molecule has 1 atom stereocenters. The zero-order valence-electron chi connectivity index (χ0n) is 18.3. The van der Waals surface area contributed by atoms with Gasteiger partial charge in [-0.1, -0.05) is 23.7 Å². The van der Waals surface area contributed by atoms with Gasteiger partial charge in [0.2, 0.25) is 17.6 Å². The van der Waals surface area contributed by atoms with Crippen molar-refractivity contribution in [1.82, 2.24) is 29.8 Å². The SMILES string of the molecule is Cc1ccc(-c2noc(CCC(=O)N3CCCC3c3nnc4n3CCCCC4)n2)cc1F. The first-order valence-electron chi connectivity index (χ1n) is 11.4. The molecule has 2 aliphatic rings. The van der Waals surface area contributed by atoms with Gasteiger partial charge in [-0.05, 0) is 44.2 Å². The number of carbonyl (C=O) groups is 1. The van der Waals surface area contributed by atoms with E-state index < -0.39 is 0 Å². The number of aryl methyl sites for hydroxylation is 3. The van der Waals surface area contributed by atoms with Gasteiger partial charge in [-0.2, -0.15) is 4.98 Å². The molecule has 4 heterocycles. The fourth-order valence-corrected chi connectivity index (χ4v) is 4.65. The maximum Gasteiger partial charge on any atom is 0.227 e. The van der Waals surface area contributed by atoms with Gasteiger partial charge < -0.3 is 14.0 Å². The van der Waals surface area contributed by atoms with E-state index >= 15 is 0 Å². The van der Waals surface area contributed by atoms with Gasteiger partial charge in [0.1, 0.15) is 11.6 Å². The molecule has 32 heavy (non-hydrogen) atoms. The van der Waals surface area contributed by atoms with Crippen LogP contribution in [-0.4, -0.2) is 42.3 Å². The second kappa shape index (κ2) is 8.80. The van der Waals surface area contributed by atoms with Crippen LogP contribution < -0.4 is 0 Å². The molecule has 1 saturated heterocycles. The number of nitrogens with zero attached hydrogens (tertiary/aromatic N) is 6. The van der Waals surface area contributed by atoms with E-state index in [1.165, 1.54) is 12.5 Å². The van der Waals surface area contributed by atoms with Gasteiger partial charge in [0.15, 0.2) is 5.82 Å². The van der Waals surface area contributed by atoms with Gasteiger partial charge in [-0.25, -0.2) is 4.39 Å². The Bertz CT molecular complexity index is 1120. The Kier molecular flexibility index (Phi) is 5.71. The van der Waals surface area contributed by atoms with Crippen LogP contribution in [0.1, 0.15) is 67.7 Å². The number of amides is 1. The van der Waals surface area contributed by atoms with Crippen LogP contribution in [0.4, 0.5) is 4.39 Å². The summed E-state index contributed by atoms with van der Waals surface area (Å²) in [6, 6.07) is 4.82. The second-order valence-electron chi connectivity index (χ2n) is 8.66. The fraction of sp³-hybridized carbons (Fsp3) is 0.522. The number of benzene rings is 1. The lowest BCUT2D eigenvalue weighted by Gasteiger charge is -2.24. The van der Waals surface area contributed by atoms with Crippen molar-refractivity contribution >= 4 is 5.91 Å². The largest absolute Gasteiger partial charge is 0.339 e. The Hall–Kier alpha value is -3.10. The molecule has 1 amide bonds. The predicted octanol–water partition coefficient (Wildman–Crippen LogP) is 3.80. The molecule has 1 aromatic carbocycles. The molecule has 8 nitrogen and oxygen atoms in total. The molecular formula is C23H27FN6O2. The number of rotatable bonds is 5. The van der Waals surface area contributed by atoms with Crippen molar-refractivity contribution in [2.45, 2.75) is 70.9 Å². The molecule has 5 rings (SSSR count). The van der Waals surface area contributed by atoms with Gasteiger partial charge in [0.05, 0.1) is 6.04 Å². The topological polar surface area (TPSA) is 89.9 Å². The zero-order valence-corrected chi connectivity index (χ0v) is 18.3. The van der Waals surface area contributed by atoms with Crippen LogP contribution in [0.3, 0.4) is 0 Å². The molecule has 2 aliphatic heterocycles. The summed E-state index contributed by atoms with van der Waals surface area (Å²) in [6.07, 6.45) is 6.93. The minimum atomic E-state index is -0.310. The Balaban J connectivity index is 1.25. The summed E-state index contributed by atoms with van der Waals surface area (Å²) >= 11 is 0.